The van der Waals surface area contributed by atoms with Gasteiger partial charge in [0.15, 0.2) is 39.6 Å². The fourth-order valence-corrected chi connectivity index (χ4v) is 13.4. The number of carbonyl (C=O) groups is 1. The van der Waals surface area contributed by atoms with Gasteiger partial charge in [-0.3, -0.25) is 4.79 Å². The number of piperidine rings is 1. The van der Waals surface area contributed by atoms with Gasteiger partial charge in [-0.15, -0.1) is 0 Å². The number of aryl methyl sites for hydroxylation is 1. The highest BCUT2D eigenvalue weighted by atomic mass is 16.3. The zero-order chi connectivity index (χ0) is 74.0. The number of aliphatic hydroxyl groups is 1. The highest BCUT2D eigenvalue weighted by molar-refractivity contribution is 5.99. The SMILES string of the molecule is C=CC(=C)Nc1cccc(Nc2cc(N3CCCCC3CCO)nc3c(CC)cnn23)c1.C=CC(=C)Nc1cccc(Nc2nc(NC3CCC(N(C)C)CC3)nc3c2ncn3C(C)C)c1.CC(C)n1cnc2c(Nc3cccc(NC(=O)/C=C/CN(C)C)c3)nc(NC3CCC(N(C)C)CC3)nc21. The number of benzene rings is 3. The van der Waals surface area contributed by atoms with E-state index in [0.29, 0.717) is 71.5 Å². The molecule has 104 heavy (non-hydrogen) atoms. The van der Waals surface area contributed by atoms with E-state index >= 15 is 0 Å². The molecule has 1 amide bonds. The molecule has 0 radical (unpaired) electrons. The van der Waals surface area contributed by atoms with Gasteiger partial charge in [-0.25, -0.2) is 15.0 Å². The minimum atomic E-state index is -0.167. The molecular formula is C79H109N23O2. The Kier molecular flexibility index (Phi) is 26.7. The van der Waals surface area contributed by atoms with E-state index in [-0.39, 0.29) is 24.6 Å². The molecule has 3 aliphatic rings. The van der Waals surface area contributed by atoms with Crippen LogP contribution in [-0.2, 0) is 11.2 Å². The molecule has 9 aromatic rings. The standard InChI is InChI=1S/C28H41N9O.C26H36N8.C25H32N6O/c1-19(2)37-18-29-25-26(31-22-10-7-9-21(17-22)30-24(38)11-8-16-35(3)4)33-28(34-27(25)37)32-20-12-14-23(15-13-20)36(5)6;1-7-18(4)28-20-9-8-10-21(15-20)29-24-23-25(34(16-27-23)17(2)3)32-26(31-24)30-19-11-13-22(14-12-19)33(5)6;1-4-18(3)27-20-9-8-10-21(15-20)28-24-16-23(29-25-19(5-2)17-26-31(24)25)30-13-7-6-11-22(30)12-14-32/h7-11,17-20,23H,12-16H2,1-6H3,(H,30,38)(H2,31,32,33,34);7-10,15-17,19,22,28H,1,4,11-14H2,2-3,5-6H3,(H2,29,30,31,32);4,8-10,15-17,22,27-28,32H,1,3,5-7,11-14H2,2H3/b11-8+;;. The van der Waals surface area contributed by atoms with Crippen molar-refractivity contribution in [3.8, 4) is 0 Å². The normalized spacial score (nSPS) is 17.6. The van der Waals surface area contributed by atoms with Gasteiger partial charge in [-0.1, -0.05) is 57.5 Å². The molecule has 2 aliphatic carbocycles. The molecule has 9 N–H and O–H groups in total. The van der Waals surface area contributed by atoms with Crippen molar-refractivity contribution < 1.29 is 9.90 Å². The second kappa shape index (κ2) is 36.3. The molecule has 1 atom stereocenters. The number of nitrogens with zero attached hydrogens (tertiary/aromatic N) is 15. The zero-order valence-electron chi connectivity index (χ0n) is 62.8. The van der Waals surface area contributed by atoms with Crippen LogP contribution in [0.3, 0.4) is 0 Å². The molecule has 1 unspecified atom stereocenters. The molecule has 12 rings (SSSR count). The van der Waals surface area contributed by atoms with E-state index in [0.717, 1.165) is 150 Å². The lowest BCUT2D eigenvalue weighted by Gasteiger charge is -2.36. The molecule has 3 aromatic carbocycles. The first-order chi connectivity index (χ1) is 50.1. The maximum atomic E-state index is 12.3. The van der Waals surface area contributed by atoms with Crippen molar-refractivity contribution in [1.82, 2.24) is 68.3 Å². The minimum absolute atomic E-state index is 0.167. The van der Waals surface area contributed by atoms with Crippen molar-refractivity contribution in [3.63, 3.8) is 0 Å². The first-order valence-corrected chi connectivity index (χ1v) is 36.7. The van der Waals surface area contributed by atoms with Crippen LogP contribution in [0.25, 0.3) is 28.0 Å². The summed E-state index contributed by atoms with van der Waals surface area (Å²) in [6.45, 7) is 27.8. The number of rotatable bonds is 28. The lowest BCUT2D eigenvalue weighted by atomic mass is 9.91. The number of amides is 1. The largest absolute Gasteiger partial charge is 0.396 e. The van der Waals surface area contributed by atoms with Gasteiger partial charge < -0.3 is 76.4 Å². The van der Waals surface area contributed by atoms with E-state index in [2.05, 4.69) is 177 Å². The van der Waals surface area contributed by atoms with Crippen LogP contribution in [0.15, 0.2) is 160 Å². The highest BCUT2D eigenvalue weighted by Gasteiger charge is 2.28. The van der Waals surface area contributed by atoms with E-state index in [9.17, 15) is 9.90 Å². The molecule has 2 saturated carbocycles. The third kappa shape index (κ3) is 20.4. The molecule has 7 heterocycles. The molecule has 25 nitrogen and oxygen atoms in total. The Morgan fingerprint density at radius 1 is 0.606 bits per heavy atom. The van der Waals surface area contributed by atoms with Gasteiger partial charge in [0.05, 0.1) is 18.9 Å². The van der Waals surface area contributed by atoms with Crippen molar-refractivity contribution >= 4 is 103 Å². The fourth-order valence-electron chi connectivity index (χ4n) is 13.4. The van der Waals surface area contributed by atoms with Crippen LogP contribution in [0.1, 0.15) is 129 Å². The summed E-state index contributed by atoms with van der Waals surface area (Å²) in [4.78, 5) is 55.0. The monoisotopic (exact) mass is 1410 g/mol. The Labute approximate surface area is 613 Å². The topological polar surface area (TPSA) is 264 Å². The minimum Gasteiger partial charge on any atom is -0.396 e. The summed E-state index contributed by atoms with van der Waals surface area (Å²) in [5, 5.41) is 41.2. The smallest absolute Gasteiger partial charge is 0.248 e. The van der Waals surface area contributed by atoms with Crippen LogP contribution in [0, 0.1) is 0 Å². The van der Waals surface area contributed by atoms with Gasteiger partial charge >= 0.3 is 0 Å². The van der Waals surface area contributed by atoms with Gasteiger partial charge in [0, 0.05) is 125 Å². The highest BCUT2D eigenvalue weighted by Crippen LogP contribution is 2.35. The molecule has 6 aromatic heterocycles. The Morgan fingerprint density at radius 3 is 1.54 bits per heavy atom. The third-order valence-electron chi connectivity index (χ3n) is 19.3. The first-order valence-electron chi connectivity index (χ1n) is 36.7. The summed E-state index contributed by atoms with van der Waals surface area (Å²) in [6.07, 6.45) is 26.4. The number of imidazole rings is 2. The number of hydrogen-bond donors (Lipinski definition) is 9. The number of anilines is 12. The summed E-state index contributed by atoms with van der Waals surface area (Å²) >= 11 is 0. The van der Waals surface area contributed by atoms with E-state index in [1.807, 2.05) is 121 Å². The van der Waals surface area contributed by atoms with Gasteiger partial charge in [0.2, 0.25) is 17.8 Å². The number of hydrogen-bond acceptors (Lipinski definition) is 21. The summed E-state index contributed by atoms with van der Waals surface area (Å²) in [7, 11) is 12.6. The summed E-state index contributed by atoms with van der Waals surface area (Å²) < 4.78 is 6.02. The van der Waals surface area contributed by atoms with Crippen LogP contribution in [0.4, 0.5) is 69.3 Å². The van der Waals surface area contributed by atoms with E-state index in [1.165, 1.54) is 19.3 Å². The second-order valence-corrected chi connectivity index (χ2v) is 28.4. The van der Waals surface area contributed by atoms with Gasteiger partial charge in [0.1, 0.15) is 11.6 Å². The van der Waals surface area contributed by atoms with E-state index in [1.54, 1.807) is 18.2 Å². The Balaban J connectivity index is 0.000000168. The molecular weight excluding hydrogens is 1300 g/mol. The number of fused-ring (bicyclic) bond motifs is 3. The summed E-state index contributed by atoms with van der Waals surface area (Å²) in [5.74, 6) is 4.19. The molecule has 0 spiro atoms. The molecule has 25 heteroatoms. The molecule has 552 valence electrons. The number of nitrogens with one attached hydrogen (secondary N) is 8. The van der Waals surface area contributed by atoms with Crippen molar-refractivity contribution in [2.75, 3.05) is 109 Å². The van der Waals surface area contributed by atoms with Gasteiger partial charge in [0.25, 0.3) is 0 Å². The van der Waals surface area contributed by atoms with Crippen LogP contribution in [0.2, 0.25) is 0 Å². The molecule has 1 aliphatic heterocycles. The van der Waals surface area contributed by atoms with Gasteiger partial charge in [-0.2, -0.15) is 29.5 Å². The Morgan fingerprint density at radius 2 is 1.09 bits per heavy atom. The number of allylic oxidation sites excluding steroid dienone is 2. The number of aromatic nitrogens is 11. The fraction of sp³-hybridized carbons (Fsp3) is 0.430. The Hall–Kier alpha value is -10.2. The quantitative estimate of drug-likeness (QED) is 0.0163. The lowest BCUT2D eigenvalue weighted by molar-refractivity contribution is -0.111. The maximum Gasteiger partial charge on any atom is 0.248 e. The number of aliphatic hydroxyl groups excluding tert-OH is 1. The zero-order valence-corrected chi connectivity index (χ0v) is 62.8. The molecule has 3 fully saturated rings. The van der Waals surface area contributed by atoms with Crippen molar-refractivity contribution in [2.45, 2.75) is 160 Å². The number of carbonyl (C=O) groups excluding carboxylic acids is 1. The van der Waals surface area contributed by atoms with Crippen LogP contribution in [0.5, 0.6) is 0 Å². The van der Waals surface area contributed by atoms with Crippen molar-refractivity contribution in [2.24, 2.45) is 0 Å². The second-order valence-electron chi connectivity index (χ2n) is 28.4. The predicted molar refractivity (Wildman–Crippen MR) is 429 cm³/mol. The van der Waals surface area contributed by atoms with Gasteiger partial charge in [-0.05, 0) is 220 Å². The first kappa shape index (κ1) is 76.4. The predicted octanol–water partition coefficient (Wildman–Crippen LogP) is 14.9. The molecule has 1 saturated heterocycles. The Bertz CT molecular complexity index is 4390. The van der Waals surface area contributed by atoms with Crippen LogP contribution >= 0.6 is 0 Å². The summed E-state index contributed by atoms with van der Waals surface area (Å²) in [6, 6.07) is 28.4. The van der Waals surface area contributed by atoms with Crippen molar-refractivity contribution in [1.29, 1.82) is 0 Å². The van der Waals surface area contributed by atoms with E-state index in [4.69, 9.17) is 24.9 Å². The average molecular weight is 1410 g/mol. The van der Waals surface area contributed by atoms with E-state index < -0.39 is 0 Å². The third-order valence-corrected chi connectivity index (χ3v) is 19.3. The lowest BCUT2D eigenvalue weighted by Crippen LogP contribution is -2.40. The summed E-state index contributed by atoms with van der Waals surface area (Å²) in [5.41, 5.74) is 11.7. The average Bonchev–Trinajstić information content (AvgIpc) is 1.53. The van der Waals surface area contributed by atoms with Crippen LogP contribution < -0.4 is 47.4 Å². The molecule has 0 bridgehead atoms. The maximum absolute atomic E-state index is 12.3. The number of likely N-dealkylation sites (N-methyl/N-ethyl adjacent to an activating group) is 1. The van der Waals surface area contributed by atoms with Crippen molar-refractivity contribution in [3.05, 3.63) is 165 Å². The van der Waals surface area contributed by atoms with Crippen LogP contribution in [-0.4, -0.2) is 172 Å².